The summed E-state index contributed by atoms with van der Waals surface area (Å²) in [6.07, 6.45) is 5.01. The first kappa shape index (κ1) is 16.6. The summed E-state index contributed by atoms with van der Waals surface area (Å²) in [4.78, 5) is 2.59. The maximum atomic E-state index is 6.25. The molecule has 1 aromatic carbocycles. The van der Waals surface area contributed by atoms with E-state index in [9.17, 15) is 0 Å². The molecule has 0 atom stereocenters. The normalized spacial score (nSPS) is 17.1. The van der Waals surface area contributed by atoms with Crippen molar-refractivity contribution >= 4 is 11.6 Å². The average molecular weight is 310 g/mol. The van der Waals surface area contributed by atoms with Crippen molar-refractivity contribution in [2.24, 2.45) is 5.92 Å². The zero-order valence-corrected chi connectivity index (χ0v) is 14.4. The summed E-state index contributed by atoms with van der Waals surface area (Å²) in [5.41, 5.74) is 2.31. The lowest BCUT2D eigenvalue weighted by Crippen LogP contribution is -2.33. The molecule has 1 aromatic rings. The molecule has 1 saturated heterocycles. The molecule has 3 heteroatoms. The molecule has 0 saturated carbocycles. The number of halogens is 1. The van der Waals surface area contributed by atoms with E-state index in [2.05, 4.69) is 31.7 Å². The number of piperidine rings is 1. The zero-order chi connectivity index (χ0) is 15.2. The molecule has 0 aromatic heterocycles. The van der Waals surface area contributed by atoms with Gasteiger partial charge in [-0.3, -0.25) is 0 Å². The molecule has 1 fully saturated rings. The average Bonchev–Trinajstić information content (AvgIpc) is 2.43. The summed E-state index contributed by atoms with van der Waals surface area (Å²) in [7, 11) is 0. The molecule has 2 rings (SSSR count). The van der Waals surface area contributed by atoms with Gasteiger partial charge in [0.2, 0.25) is 0 Å². The molecule has 21 heavy (non-hydrogen) atoms. The number of benzene rings is 1. The summed E-state index contributed by atoms with van der Waals surface area (Å²) < 4.78 is 5.88. The third-order valence-electron chi connectivity index (χ3n) is 4.36. The van der Waals surface area contributed by atoms with Gasteiger partial charge in [0.15, 0.2) is 0 Å². The molecule has 0 bridgehead atoms. The quantitative estimate of drug-likeness (QED) is 0.697. The lowest BCUT2D eigenvalue weighted by molar-refractivity contribution is 0.184. The Morgan fingerprint density at radius 2 is 1.90 bits per heavy atom. The van der Waals surface area contributed by atoms with E-state index in [0.717, 1.165) is 35.3 Å². The van der Waals surface area contributed by atoms with Crippen LogP contribution < -0.4 is 4.74 Å². The molecule has 0 aliphatic carbocycles. The Hall–Kier alpha value is -0.730. The van der Waals surface area contributed by atoms with Gasteiger partial charge in [-0.15, -0.1) is 0 Å². The van der Waals surface area contributed by atoms with E-state index >= 15 is 0 Å². The van der Waals surface area contributed by atoms with Gasteiger partial charge >= 0.3 is 0 Å². The highest BCUT2D eigenvalue weighted by molar-refractivity contribution is 6.32. The standard InChI is InChI=1S/C18H28ClNO/c1-14-6-9-20(10-7-14)8-4-5-11-21-18-16(3)12-15(2)13-17(18)19/h12-14H,4-11H2,1-3H3. The second kappa shape index (κ2) is 8.05. The first-order valence-corrected chi connectivity index (χ1v) is 8.56. The van der Waals surface area contributed by atoms with Gasteiger partial charge in [-0.25, -0.2) is 0 Å². The molecule has 118 valence electrons. The molecule has 2 nitrogen and oxygen atoms in total. The molecule has 0 amide bonds. The number of ether oxygens (including phenoxy) is 1. The molecule has 1 aliphatic heterocycles. The van der Waals surface area contributed by atoms with Crippen LogP contribution >= 0.6 is 11.6 Å². The van der Waals surface area contributed by atoms with Crippen molar-refractivity contribution in [1.29, 1.82) is 0 Å². The van der Waals surface area contributed by atoms with Crippen LogP contribution in [0.15, 0.2) is 12.1 Å². The van der Waals surface area contributed by atoms with E-state index in [-0.39, 0.29) is 0 Å². The topological polar surface area (TPSA) is 12.5 Å². The molecule has 1 heterocycles. The summed E-state index contributed by atoms with van der Waals surface area (Å²) in [5.74, 6) is 1.77. The molecule has 0 spiro atoms. The van der Waals surface area contributed by atoms with Crippen LogP contribution in [-0.2, 0) is 0 Å². The van der Waals surface area contributed by atoms with E-state index in [0.29, 0.717) is 0 Å². The zero-order valence-electron chi connectivity index (χ0n) is 13.6. The molecule has 0 unspecified atom stereocenters. The Morgan fingerprint density at radius 3 is 2.57 bits per heavy atom. The first-order valence-electron chi connectivity index (χ1n) is 8.18. The van der Waals surface area contributed by atoms with Gasteiger partial charge in [0, 0.05) is 0 Å². The summed E-state index contributed by atoms with van der Waals surface area (Å²) in [5, 5.41) is 0.734. The van der Waals surface area contributed by atoms with Crippen molar-refractivity contribution in [3.63, 3.8) is 0 Å². The first-order chi connectivity index (χ1) is 10.1. The Bertz CT molecular complexity index is 430. The van der Waals surface area contributed by atoms with E-state index in [4.69, 9.17) is 16.3 Å². The fraction of sp³-hybridized carbons (Fsp3) is 0.667. The van der Waals surface area contributed by atoms with Crippen LogP contribution in [0.5, 0.6) is 5.75 Å². The van der Waals surface area contributed by atoms with Crippen LogP contribution in [0.1, 0.15) is 43.7 Å². The second-order valence-electron chi connectivity index (χ2n) is 6.47. The largest absolute Gasteiger partial charge is 0.492 e. The van der Waals surface area contributed by atoms with Crippen molar-refractivity contribution in [3.05, 3.63) is 28.3 Å². The number of unbranched alkanes of at least 4 members (excludes halogenated alkanes) is 1. The number of nitrogens with zero attached hydrogens (tertiary/aromatic N) is 1. The smallest absolute Gasteiger partial charge is 0.140 e. The van der Waals surface area contributed by atoms with Crippen molar-refractivity contribution < 1.29 is 4.74 Å². The Balaban J connectivity index is 1.66. The van der Waals surface area contributed by atoms with Crippen molar-refractivity contribution in [3.8, 4) is 5.75 Å². The lowest BCUT2D eigenvalue weighted by atomic mass is 9.99. The highest BCUT2D eigenvalue weighted by atomic mass is 35.5. The van der Waals surface area contributed by atoms with Crippen molar-refractivity contribution in [2.75, 3.05) is 26.2 Å². The van der Waals surface area contributed by atoms with Crippen LogP contribution in [0.2, 0.25) is 5.02 Å². The summed E-state index contributed by atoms with van der Waals surface area (Å²) >= 11 is 6.25. The van der Waals surface area contributed by atoms with E-state index in [1.807, 2.05) is 6.07 Å². The number of hydrogen-bond donors (Lipinski definition) is 0. The SMILES string of the molecule is Cc1cc(C)c(OCCCCN2CCC(C)CC2)c(Cl)c1. The minimum atomic E-state index is 0.734. The van der Waals surface area contributed by atoms with Gasteiger partial charge in [-0.05, 0) is 82.3 Å². The molecule has 1 aliphatic rings. The summed E-state index contributed by atoms with van der Waals surface area (Å²) in [6.45, 7) is 11.0. The number of likely N-dealkylation sites (tertiary alicyclic amines) is 1. The van der Waals surface area contributed by atoms with Gasteiger partial charge in [0.05, 0.1) is 11.6 Å². The monoisotopic (exact) mass is 309 g/mol. The van der Waals surface area contributed by atoms with Gasteiger partial charge in [0.25, 0.3) is 0 Å². The van der Waals surface area contributed by atoms with Crippen LogP contribution in [0.4, 0.5) is 0 Å². The van der Waals surface area contributed by atoms with Gasteiger partial charge in [-0.1, -0.05) is 24.6 Å². The predicted octanol–water partition coefficient (Wildman–Crippen LogP) is 4.85. The minimum absolute atomic E-state index is 0.734. The Morgan fingerprint density at radius 1 is 1.19 bits per heavy atom. The van der Waals surface area contributed by atoms with Gasteiger partial charge in [-0.2, -0.15) is 0 Å². The van der Waals surface area contributed by atoms with Gasteiger partial charge in [0.1, 0.15) is 5.75 Å². The fourth-order valence-electron chi connectivity index (χ4n) is 2.98. The van der Waals surface area contributed by atoms with Gasteiger partial charge < -0.3 is 9.64 Å². The Labute approximate surface area is 134 Å². The van der Waals surface area contributed by atoms with Crippen molar-refractivity contribution in [2.45, 2.75) is 46.5 Å². The highest BCUT2D eigenvalue weighted by Gasteiger charge is 2.14. The highest BCUT2D eigenvalue weighted by Crippen LogP contribution is 2.29. The molecular formula is C18H28ClNO. The number of hydrogen-bond acceptors (Lipinski definition) is 2. The third-order valence-corrected chi connectivity index (χ3v) is 4.65. The van der Waals surface area contributed by atoms with Crippen LogP contribution in [0.25, 0.3) is 0 Å². The maximum Gasteiger partial charge on any atom is 0.140 e. The lowest BCUT2D eigenvalue weighted by Gasteiger charge is -2.30. The third kappa shape index (κ3) is 5.19. The number of aryl methyl sites for hydroxylation is 2. The second-order valence-corrected chi connectivity index (χ2v) is 6.88. The molecule has 0 N–H and O–H groups in total. The maximum absolute atomic E-state index is 6.25. The van der Waals surface area contributed by atoms with Crippen LogP contribution in [-0.4, -0.2) is 31.1 Å². The van der Waals surface area contributed by atoms with E-state index in [1.54, 1.807) is 0 Å². The van der Waals surface area contributed by atoms with Crippen LogP contribution in [0, 0.1) is 19.8 Å². The molecular weight excluding hydrogens is 282 g/mol. The Kier molecular flexibility index (Phi) is 6.38. The fourth-order valence-corrected chi connectivity index (χ4v) is 3.36. The number of rotatable bonds is 6. The van der Waals surface area contributed by atoms with E-state index in [1.165, 1.54) is 44.5 Å². The molecule has 0 radical (unpaired) electrons. The predicted molar refractivity (Wildman–Crippen MR) is 90.5 cm³/mol. The van der Waals surface area contributed by atoms with Crippen LogP contribution in [0.3, 0.4) is 0 Å². The van der Waals surface area contributed by atoms with Crippen molar-refractivity contribution in [1.82, 2.24) is 4.90 Å². The summed E-state index contributed by atoms with van der Waals surface area (Å²) in [6, 6.07) is 4.09. The minimum Gasteiger partial charge on any atom is -0.492 e. The van der Waals surface area contributed by atoms with E-state index < -0.39 is 0 Å².